The molecule has 1 aromatic rings. The first-order chi connectivity index (χ1) is 9.65. The average Bonchev–Trinajstić information content (AvgIpc) is 2.47. The molecule has 1 aliphatic rings. The molecule has 2 rings (SSSR count). The van der Waals surface area contributed by atoms with E-state index >= 15 is 0 Å². The molecule has 0 unspecified atom stereocenters. The number of halogens is 1. The lowest BCUT2D eigenvalue weighted by Crippen LogP contribution is -2.42. The molecule has 6 heteroatoms. The van der Waals surface area contributed by atoms with Crippen LogP contribution in [0.5, 0.6) is 0 Å². The van der Waals surface area contributed by atoms with Gasteiger partial charge in [-0.1, -0.05) is 18.0 Å². The zero-order valence-corrected chi connectivity index (χ0v) is 12.9. The van der Waals surface area contributed by atoms with Crippen LogP contribution in [0.4, 0.5) is 0 Å². The largest absolute Gasteiger partial charge is 0.285 e. The molecule has 0 aromatic heterocycles. The highest BCUT2D eigenvalue weighted by molar-refractivity contribution is 8.00. The van der Waals surface area contributed by atoms with Crippen LogP contribution in [0.2, 0.25) is 5.02 Å². The van der Waals surface area contributed by atoms with Crippen molar-refractivity contribution in [3.8, 4) is 0 Å². The summed E-state index contributed by atoms with van der Waals surface area (Å²) in [6.07, 6.45) is 3.52. The fourth-order valence-corrected chi connectivity index (χ4v) is 3.01. The number of carbonyl (C=O) groups excluding carboxylic acids is 1. The first-order valence-electron chi connectivity index (χ1n) is 6.75. The Labute approximate surface area is 128 Å². The van der Waals surface area contributed by atoms with Crippen molar-refractivity contribution in [1.29, 1.82) is 0 Å². The molecule has 20 heavy (non-hydrogen) atoms. The number of hydroxylamine groups is 2. The fourth-order valence-electron chi connectivity index (χ4n) is 2.12. The van der Waals surface area contributed by atoms with Crippen LogP contribution in [0.1, 0.15) is 19.3 Å². The average molecular weight is 315 g/mol. The second-order valence-electron chi connectivity index (χ2n) is 4.86. The van der Waals surface area contributed by atoms with Crippen LogP contribution in [-0.4, -0.2) is 46.6 Å². The molecule has 0 aliphatic carbocycles. The van der Waals surface area contributed by atoms with Crippen LogP contribution in [0.3, 0.4) is 0 Å². The van der Waals surface area contributed by atoms with Gasteiger partial charge in [0.05, 0.1) is 5.75 Å². The van der Waals surface area contributed by atoms with E-state index in [4.69, 9.17) is 11.6 Å². The quantitative estimate of drug-likeness (QED) is 0.515. The Hall–Kier alpha value is -0.750. The Kier molecular flexibility index (Phi) is 6.16. The van der Waals surface area contributed by atoms with E-state index in [2.05, 4.69) is 4.90 Å². The van der Waals surface area contributed by atoms with Gasteiger partial charge in [-0.2, -0.15) is 0 Å². The minimum absolute atomic E-state index is 0.228. The second-order valence-corrected chi connectivity index (χ2v) is 6.34. The molecule has 1 fully saturated rings. The molecule has 0 radical (unpaired) electrons. The van der Waals surface area contributed by atoms with Gasteiger partial charge in [-0.25, -0.2) is 5.06 Å². The Morgan fingerprint density at radius 2 is 1.90 bits per heavy atom. The van der Waals surface area contributed by atoms with Crippen molar-refractivity contribution in [3.05, 3.63) is 29.3 Å². The van der Waals surface area contributed by atoms with Crippen molar-refractivity contribution >= 4 is 29.3 Å². The normalized spacial score (nSPS) is 16.1. The number of thioether (sulfide) groups is 1. The van der Waals surface area contributed by atoms with Crippen molar-refractivity contribution in [2.24, 2.45) is 0 Å². The summed E-state index contributed by atoms with van der Waals surface area (Å²) in [4.78, 5) is 14.9. The van der Waals surface area contributed by atoms with Crippen LogP contribution in [-0.2, 0) is 4.79 Å². The van der Waals surface area contributed by atoms with Gasteiger partial charge in [0.15, 0.2) is 0 Å². The lowest BCUT2D eigenvalue weighted by atomic mass is 10.1. The summed E-state index contributed by atoms with van der Waals surface area (Å²) in [6, 6.07) is 7.32. The van der Waals surface area contributed by atoms with Crippen LogP contribution in [0.25, 0.3) is 0 Å². The molecule has 1 aromatic carbocycles. The molecule has 1 heterocycles. The number of hydrogen-bond acceptors (Lipinski definition) is 4. The highest BCUT2D eigenvalue weighted by Crippen LogP contribution is 2.20. The minimum Gasteiger partial charge on any atom is -0.285 e. The van der Waals surface area contributed by atoms with Crippen LogP contribution in [0, 0.1) is 0 Å². The van der Waals surface area contributed by atoms with Crippen molar-refractivity contribution in [2.45, 2.75) is 24.2 Å². The number of likely N-dealkylation sites (tertiary alicyclic amines) is 1. The lowest BCUT2D eigenvalue weighted by molar-refractivity contribution is -0.171. The Balaban J connectivity index is 1.74. The van der Waals surface area contributed by atoms with Gasteiger partial charge >= 0.3 is 0 Å². The summed E-state index contributed by atoms with van der Waals surface area (Å²) >= 11 is 7.20. The van der Waals surface area contributed by atoms with E-state index in [-0.39, 0.29) is 11.7 Å². The number of benzene rings is 1. The van der Waals surface area contributed by atoms with E-state index in [0.717, 1.165) is 35.9 Å². The van der Waals surface area contributed by atoms with Gasteiger partial charge in [0.1, 0.15) is 6.67 Å². The maximum Gasteiger partial charge on any atom is 0.257 e. The Morgan fingerprint density at radius 1 is 1.25 bits per heavy atom. The summed E-state index contributed by atoms with van der Waals surface area (Å²) < 4.78 is 0. The summed E-state index contributed by atoms with van der Waals surface area (Å²) in [5, 5.41) is 11.3. The van der Waals surface area contributed by atoms with E-state index in [1.165, 1.54) is 18.2 Å². The Morgan fingerprint density at radius 3 is 2.55 bits per heavy atom. The summed E-state index contributed by atoms with van der Waals surface area (Å²) in [6.45, 7) is 2.21. The molecule has 0 atom stereocenters. The van der Waals surface area contributed by atoms with Gasteiger partial charge in [-0.15, -0.1) is 11.8 Å². The SMILES string of the molecule is O=C(CSc1ccc(Cl)cc1)N(O)CN1CCCCC1. The molecule has 1 N–H and O–H groups in total. The van der Waals surface area contributed by atoms with Gasteiger partial charge in [0.2, 0.25) is 0 Å². The molecular formula is C14H19ClN2O2S. The third-order valence-corrected chi connectivity index (χ3v) is 4.50. The van der Waals surface area contributed by atoms with Gasteiger partial charge < -0.3 is 0 Å². The van der Waals surface area contributed by atoms with Crippen molar-refractivity contribution < 1.29 is 10.0 Å². The zero-order valence-electron chi connectivity index (χ0n) is 11.3. The molecule has 0 spiro atoms. The minimum atomic E-state index is -0.268. The summed E-state index contributed by atoms with van der Waals surface area (Å²) in [5.41, 5.74) is 0. The van der Waals surface area contributed by atoms with Gasteiger partial charge in [0, 0.05) is 9.92 Å². The number of hydrogen-bond donors (Lipinski definition) is 1. The molecular weight excluding hydrogens is 296 g/mol. The standard InChI is InChI=1S/C14H19ClN2O2S/c15-12-4-6-13(7-5-12)20-10-14(18)17(19)11-16-8-2-1-3-9-16/h4-7,19H,1-3,8-11H2. The predicted molar refractivity (Wildman–Crippen MR) is 81.1 cm³/mol. The van der Waals surface area contributed by atoms with E-state index in [0.29, 0.717) is 11.7 Å². The fraction of sp³-hybridized carbons (Fsp3) is 0.500. The van der Waals surface area contributed by atoms with Crippen molar-refractivity contribution in [2.75, 3.05) is 25.5 Å². The highest BCUT2D eigenvalue weighted by atomic mass is 35.5. The number of carbonyl (C=O) groups is 1. The van der Waals surface area contributed by atoms with Crippen LogP contribution in [0.15, 0.2) is 29.2 Å². The second kappa shape index (κ2) is 7.88. The smallest absolute Gasteiger partial charge is 0.257 e. The predicted octanol–water partition coefficient (Wildman–Crippen LogP) is 3.09. The van der Waals surface area contributed by atoms with E-state index in [9.17, 15) is 10.0 Å². The maximum atomic E-state index is 11.9. The van der Waals surface area contributed by atoms with E-state index < -0.39 is 0 Å². The third kappa shape index (κ3) is 4.98. The van der Waals surface area contributed by atoms with Gasteiger partial charge in [-0.3, -0.25) is 14.9 Å². The Bertz CT molecular complexity index is 435. The summed E-state index contributed by atoms with van der Waals surface area (Å²) in [5.74, 6) is -0.0399. The monoisotopic (exact) mass is 314 g/mol. The highest BCUT2D eigenvalue weighted by Gasteiger charge is 2.17. The molecule has 0 saturated carbocycles. The summed E-state index contributed by atoms with van der Waals surface area (Å²) in [7, 11) is 0. The van der Waals surface area contributed by atoms with Crippen molar-refractivity contribution in [1.82, 2.24) is 9.96 Å². The number of amides is 1. The van der Waals surface area contributed by atoms with Gasteiger partial charge in [-0.05, 0) is 50.2 Å². The zero-order chi connectivity index (χ0) is 14.4. The topological polar surface area (TPSA) is 43.8 Å². The van der Waals surface area contributed by atoms with Gasteiger partial charge in [0.25, 0.3) is 5.91 Å². The van der Waals surface area contributed by atoms with E-state index in [1.54, 1.807) is 12.1 Å². The molecule has 0 bridgehead atoms. The molecule has 1 saturated heterocycles. The number of nitrogens with zero attached hydrogens (tertiary/aromatic N) is 2. The molecule has 110 valence electrons. The molecule has 4 nitrogen and oxygen atoms in total. The third-order valence-electron chi connectivity index (χ3n) is 3.25. The first-order valence-corrected chi connectivity index (χ1v) is 8.11. The molecule has 1 aliphatic heterocycles. The van der Waals surface area contributed by atoms with Crippen LogP contribution < -0.4 is 0 Å². The lowest BCUT2D eigenvalue weighted by Gasteiger charge is -2.29. The number of rotatable bonds is 5. The number of piperidine rings is 1. The van der Waals surface area contributed by atoms with Crippen LogP contribution >= 0.6 is 23.4 Å². The molecule has 1 amide bonds. The maximum absolute atomic E-state index is 11.9. The first kappa shape index (κ1) is 15.6. The van der Waals surface area contributed by atoms with E-state index in [1.807, 2.05) is 12.1 Å². The van der Waals surface area contributed by atoms with Crippen molar-refractivity contribution in [3.63, 3.8) is 0 Å².